The zero-order valence-corrected chi connectivity index (χ0v) is 22.0. The summed E-state index contributed by atoms with van der Waals surface area (Å²) in [4.78, 5) is 11.5. The molecule has 2 atom stereocenters. The predicted molar refractivity (Wildman–Crippen MR) is 143 cm³/mol. The van der Waals surface area contributed by atoms with Crippen LogP contribution in [0.15, 0.2) is 42.6 Å². The number of nitrogens with zero attached hydrogens (tertiary/aromatic N) is 4. The average Bonchev–Trinajstić information content (AvgIpc) is 3.08. The molecule has 1 aromatic carbocycles. The van der Waals surface area contributed by atoms with Gasteiger partial charge in [0.2, 0.25) is 0 Å². The summed E-state index contributed by atoms with van der Waals surface area (Å²) in [5, 5.41) is 5.07. The third-order valence-corrected chi connectivity index (χ3v) is 7.54. The van der Waals surface area contributed by atoms with Crippen molar-refractivity contribution in [3.63, 3.8) is 0 Å². The molecular weight excluding hydrogens is 450 g/mol. The van der Waals surface area contributed by atoms with E-state index < -0.39 is 0 Å². The van der Waals surface area contributed by atoms with Gasteiger partial charge in [-0.3, -0.25) is 4.98 Å². The summed E-state index contributed by atoms with van der Waals surface area (Å²) in [6, 6.07) is 10.3. The summed E-state index contributed by atoms with van der Waals surface area (Å²) < 4.78 is 0. The lowest BCUT2D eigenvalue weighted by atomic mass is 9.86. The van der Waals surface area contributed by atoms with Gasteiger partial charge in [0.05, 0.1) is 23.3 Å². The fourth-order valence-corrected chi connectivity index (χ4v) is 5.56. The molecule has 7 heteroatoms. The van der Waals surface area contributed by atoms with Gasteiger partial charge in [0, 0.05) is 36.1 Å². The minimum absolute atomic E-state index is 0.0274. The largest absolute Gasteiger partial charge is 0.365 e. The van der Waals surface area contributed by atoms with E-state index in [9.17, 15) is 0 Å². The fraction of sp³-hybridized carbons (Fsp3) is 0.462. The van der Waals surface area contributed by atoms with Crippen molar-refractivity contribution >= 4 is 40.2 Å². The molecule has 5 nitrogen and oxygen atoms in total. The Morgan fingerprint density at radius 1 is 1.24 bits per heavy atom. The van der Waals surface area contributed by atoms with E-state index in [0.717, 1.165) is 46.6 Å². The van der Waals surface area contributed by atoms with Crippen LogP contribution in [0.3, 0.4) is 0 Å². The molecule has 3 heterocycles. The first-order valence-corrected chi connectivity index (χ1v) is 12.3. The van der Waals surface area contributed by atoms with E-state index in [-0.39, 0.29) is 17.6 Å². The number of aromatic nitrogens is 1. The monoisotopic (exact) mass is 483 g/mol. The van der Waals surface area contributed by atoms with Crippen LogP contribution in [0.25, 0.3) is 5.57 Å². The maximum atomic E-state index is 7.03. The molecular formula is C26H34ClN5S. The molecule has 0 radical (unpaired) electrons. The Kier molecular flexibility index (Phi) is 6.72. The van der Waals surface area contributed by atoms with Gasteiger partial charge in [-0.2, -0.15) is 0 Å². The van der Waals surface area contributed by atoms with E-state index in [1.165, 1.54) is 11.1 Å². The van der Waals surface area contributed by atoms with E-state index in [0.29, 0.717) is 0 Å². The first kappa shape index (κ1) is 24.0. The Morgan fingerprint density at radius 3 is 2.67 bits per heavy atom. The number of hydrogen-bond acceptors (Lipinski definition) is 4. The van der Waals surface area contributed by atoms with Crippen molar-refractivity contribution in [3.8, 4) is 0 Å². The second kappa shape index (κ2) is 9.24. The molecule has 1 aromatic heterocycles. The van der Waals surface area contributed by atoms with Crippen molar-refractivity contribution in [2.45, 2.75) is 44.8 Å². The fourth-order valence-electron chi connectivity index (χ4n) is 4.96. The molecule has 4 rings (SSSR count). The minimum atomic E-state index is -0.0624. The van der Waals surface area contributed by atoms with Gasteiger partial charge in [-0.25, -0.2) is 0 Å². The Bertz CT molecular complexity index is 1070. The number of fused-ring (bicyclic) bond motifs is 1. The highest BCUT2D eigenvalue weighted by atomic mass is 35.5. The lowest BCUT2D eigenvalue weighted by molar-refractivity contribution is 0.293. The molecule has 2 aliphatic heterocycles. The van der Waals surface area contributed by atoms with Gasteiger partial charge in [-0.05, 0) is 95.5 Å². The van der Waals surface area contributed by atoms with Crippen molar-refractivity contribution in [2.75, 3.05) is 39.1 Å². The summed E-state index contributed by atoms with van der Waals surface area (Å²) in [6.07, 6.45) is 5.18. The van der Waals surface area contributed by atoms with E-state index >= 15 is 0 Å². The van der Waals surface area contributed by atoms with Gasteiger partial charge < -0.3 is 20.0 Å². The van der Waals surface area contributed by atoms with Crippen LogP contribution >= 0.6 is 23.8 Å². The zero-order valence-electron chi connectivity index (χ0n) is 20.4. The molecule has 2 aromatic rings. The second-order valence-electron chi connectivity index (χ2n) is 9.91. The third-order valence-electron chi connectivity index (χ3n) is 6.86. The van der Waals surface area contributed by atoms with E-state index in [1.54, 1.807) is 0 Å². The number of rotatable bonds is 6. The number of anilines is 1. The molecule has 33 heavy (non-hydrogen) atoms. The van der Waals surface area contributed by atoms with Gasteiger partial charge in [0.15, 0.2) is 5.11 Å². The predicted octanol–water partition coefficient (Wildman–Crippen LogP) is 5.29. The number of benzene rings is 1. The third kappa shape index (κ3) is 4.61. The highest BCUT2D eigenvalue weighted by Crippen LogP contribution is 2.46. The van der Waals surface area contributed by atoms with Crippen molar-refractivity contribution in [1.82, 2.24) is 20.1 Å². The Labute approximate surface area is 208 Å². The first-order chi connectivity index (χ1) is 15.6. The number of likely N-dealkylation sites (N-methyl/N-ethyl adjacent to an activating group) is 1. The van der Waals surface area contributed by atoms with Crippen LogP contribution in [0.1, 0.15) is 56.1 Å². The van der Waals surface area contributed by atoms with Crippen molar-refractivity contribution in [2.24, 2.45) is 0 Å². The van der Waals surface area contributed by atoms with Crippen LogP contribution in [-0.2, 0) is 0 Å². The highest BCUT2D eigenvalue weighted by Gasteiger charge is 2.41. The van der Waals surface area contributed by atoms with Gasteiger partial charge in [-0.1, -0.05) is 23.7 Å². The summed E-state index contributed by atoms with van der Waals surface area (Å²) >= 11 is 12.8. The number of allylic oxidation sites excluding steroid dienone is 1. The molecule has 0 amide bonds. The first-order valence-electron chi connectivity index (χ1n) is 11.5. The van der Waals surface area contributed by atoms with Gasteiger partial charge in [0.25, 0.3) is 0 Å². The lowest BCUT2D eigenvalue weighted by Gasteiger charge is -2.41. The maximum absolute atomic E-state index is 7.03. The van der Waals surface area contributed by atoms with Gasteiger partial charge in [-0.15, -0.1) is 0 Å². The molecule has 0 saturated carbocycles. The Morgan fingerprint density at radius 2 is 2.00 bits per heavy atom. The molecule has 1 N–H and O–H groups in total. The summed E-state index contributed by atoms with van der Waals surface area (Å²) in [6.45, 7) is 8.50. The van der Waals surface area contributed by atoms with E-state index in [2.05, 4.69) is 91.2 Å². The molecule has 0 bridgehead atoms. The molecule has 0 unspecified atom stereocenters. The van der Waals surface area contributed by atoms with E-state index in [1.807, 2.05) is 18.3 Å². The molecule has 0 aliphatic carbocycles. The van der Waals surface area contributed by atoms with Crippen LogP contribution in [-0.4, -0.2) is 59.7 Å². The van der Waals surface area contributed by atoms with Crippen LogP contribution < -0.4 is 10.2 Å². The van der Waals surface area contributed by atoms with Crippen LogP contribution in [0.2, 0.25) is 5.02 Å². The highest BCUT2D eigenvalue weighted by molar-refractivity contribution is 7.80. The van der Waals surface area contributed by atoms with Crippen LogP contribution in [0.5, 0.6) is 0 Å². The number of thiocarbonyl (C=S) groups is 1. The average molecular weight is 484 g/mol. The standard InChI is InChI=1S/C26H34ClN5S/c1-17-16-26(2,3)31(6)22-15-20(27)19(14-18(17)22)24-23(21-10-7-8-11-28-21)29-25(33)32(24)13-9-12-30(4)5/h7-8,10-11,14-16,23-24H,9,12-13H2,1-6H3,(H,29,33)/t23-,24+/m0/s1. The van der Waals surface area contributed by atoms with E-state index in [4.69, 9.17) is 23.8 Å². The van der Waals surface area contributed by atoms with Crippen LogP contribution in [0, 0.1) is 0 Å². The number of hydrogen-bond donors (Lipinski definition) is 1. The van der Waals surface area contributed by atoms with Gasteiger partial charge >= 0.3 is 0 Å². The molecule has 1 fully saturated rings. The zero-order chi connectivity index (χ0) is 23.9. The molecule has 0 spiro atoms. The summed E-state index contributed by atoms with van der Waals surface area (Å²) in [5.41, 5.74) is 5.65. The van der Waals surface area contributed by atoms with Crippen molar-refractivity contribution in [1.29, 1.82) is 0 Å². The smallest absolute Gasteiger partial charge is 0.170 e. The summed E-state index contributed by atoms with van der Waals surface area (Å²) in [5.74, 6) is 0. The number of pyridine rings is 1. The summed E-state index contributed by atoms with van der Waals surface area (Å²) in [7, 11) is 6.33. The van der Waals surface area contributed by atoms with Crippen molar-refractivity contribution < 1.29 is 0 Å². The maximum Gasteiger partial charge on any atom is 0.170 e. The SMILES string of the molecule is CC1=CC(C)(C)N(C)c2cc(Cl)c([C@@H]3[C@H](c4ccccn4)NC(=S)N3CCCN(C)C)cc21. The lowest BCUT2D eigenvalue weighted by Crippen LogP contribution is -2.42. The molecule has 1 saturated heterocycles. The second-order valence-corrected chi connectivity index (χ2v) is 10.7. The number of halogens is 1. The Balaban J connectivity index is 1.80. The van der Waals surface area contributed by atoms with Gasteiger partial charge in [0.1, 0.15) is 0 Å². The molecule has 2 aliphatic rings. The minimum Gasteiger partial charge on any atom is -0.365 e. The molecule has 176 valence electrons. The number of nitrogens with one attached hydrogen (secondary N) is 1. The van der Waals surface area contributed by atoms with Crippen molar-refractivity contribution in [3.05, 3.63) is 64.4 Å². The quantitative estimate of drug-likeness (QED) is 0.562. The van der Waals surface area contributed by atoms with Crippen LogP contribution in [0.4, 0.5) is 5.69 Å². The normalized spacial score (nSPS) is 21.8. The topological polar surface area (TPSA) is 34.6 Å². The Hall–Kier alpha value is -2.15.